The highest BCUT2D eigenvalue weighted by atomic mass is 16.4. The number of carboxylic acids is 1. The van der Waals surface area contributed by atoms with Gasteiger partial charge in [0.2, 0.25) is 5.91 Å². The van der Waals surface area contributed by atoms with Crippen molar-refractivity contribution in [1.29, 1.82) is 0 Å². The van der Waals surface area contributed by atoms with E-state index in [0.29, 0.717) is 18.4 Å². The predicted molar refractivity (Wildman–Crippen MR) is 70.4 cm³/mol. The van der Waals surface area contributed by atoms with Gasteiger partial charge in [0.25, 0.3) is 0 Å². The van der Waals surface area contributed by atoms with E-state index in [2.05, 4.69) is 12.2 Å². The summed E-state index contributed by atoms with van der Waals surface area (Å²) in [5.74, 6) is 0.218. The molecule has 0 aromatic heterocycles. The van der Waals surface area contributed by atoms with Crippen LogP contribution in [-0.4, -0.2) is 34.5 Å². The van der Waals surface area contributed by atoms with Crippen LogP contribution in [0.2, 0.25) is 0 Å². The molecule has 5 atom stereocenters. The molecule has 1 heterocycles. The Labute approximate surface area is 113 Å². The van der Waals surface area contributed by atoms with Gasteiger partial charge in [0, 0.05) is 12.5 Å². The molecule has 0 aromatic carbocycles. The number of rotatable bonds is 2. The van der Waals surface area contributed by atoms with Gasteiger partial charge in [-0.3, -0.25) is 4.79 Å². The van der Waals surface area contributed by atoms with Crippen LogP contribution in [0.5, 0.6) is 0 Å². The van der Waals surface area contributed by atoms with Gasteiger partial charge < -0.3 is 10.0 Å². The summed E-state index contributed by atoms with van der Waals surface area (Å²) in [6.45, 7) is 2.55. The number of likely N-dealkylation sites (tertiary alicyclic amines) is 1. The summed E-state index contributed by atoms with van der Waals surface area (Å²) in [4.78, 5) is 25.8. The normalized spacial score (nSPS) is 40.7. The largest absolute Gasteiger partial charge is 0.480 e. The summed E-state index contributed by atoms with van der Waals surface area (Å²) in [5, 5.41) is 9.39. The Kier molecular flexibility index (Phi) is 3.11. The van der Waals surface area contributed by atoms with E-state index >= 15 is 0 Å². The number of aliphatic carboxylic acids is 1. The maximum Gasteiger partial charge on any atom is 0.326 e. The van der Waals surface area contributed by atoms with Gasteiger partial charge in [-0.1, -0.05) is 19.1 Å². The van der Waals surface area contributed by atoms with E-state index in [9.17, 15) is 14.7 Å². The van der Waals surface area contributed by atoms with E-state index < -0.39 is 12.0 Å². The van der Waals surface area contributed by atoms with E-state index in [1.54, 1.807) is 4.90 Å². The van der Waals surface area contributed by atoms with E-state index in [1.807, 2.05) is 6.92 Å². The lowest BCUT2D eigenvalue weighted by Crippen LogP contribution is -2.54. The minimum Gasteiger partial charge on any atom is -0.480 e. The van der Waals surface area contributed by atoms with Crippen LogP contribution < -0.4 is 0 Å². The van der Waals surface area contributed by atoms with Crippen molar-refractivity contribution in [3.05, 3.63) is 12.2 Å². The summed E-state index contributed by atoms with van der Waals surface area (Å²) in [5.41, 5.74) is 0. The topological polar surface area (TPSA) is 57.6 Å². The second kappa shape index (κ2) is 4.66. The Balaban J connectivity index is 1.78. The quantitative estimate of drug-likeness (QED) is 0.774. The number of fused-ring (bicyclic) bond motifs is 2. The predicted octanol–water partition coefficient (Wildman–Crippen LogP) is 1.91. The molecule has 1 saturated heterocycles. The SMILES string of the molecule is CC1CCCN(C(=O)C2CC3C=CC2C3)C1C(=O)O. The molecule has 1 N–H and O–H groups in total. The number of nitrogens with zero attached hydrogens (tertiary/aromatic N) is 1. The van der Waals surface area contributed by atoms with Gasteiger partial charge in [-0.25, -0.2) is 4.79 Å². The van der Waals surface area contributed by atoms with Gasteiger partial charge in [0.15, 0.2) is 0 Å². The highest BCUT2D eigenvalue weighted by molar-refractivity contribution is 5.86. The minimum atomic E-state index is -0.848. The van der Waals surface area contributed by atoms with Crippen molar-refractivity contribution in [3.63, 3.8) is 0 Å². The van der Waals surface area contributed by atoms with E-state index in [4.69, 9.17) is 0 Å². The fourth-order valence-electron chi connectivity index (χ4n) is 4.09. The van der Waals surface area contributed by atoms with Crippen molar-refractivity contribution in [2.24, 2.45) is 23.7 Å². The minimum absolute atomic E-state index is 0.0298. The molecule has 0 radical (unpaired) electrons. The highest BCUT2D eigenvalue weighted by Gasteiger charge is 2.45. The molecule has 5 unspecified atom stereocenters. The fraction of sp³-hybridized carbons (Fsp3) is 0.733. The van der Waals surface area contributed by atoms with Crippen molar-refractivity contribution < 1.29 is 14.7 Å². The molecule has 2 aliphatic carbocycles. The summed E-state index contributed by atoms with van der Waals surface area (Å²) in [6.07, 6.45) is 8.18. The smallest absolute Gasteiger partial charge is 0.326 e. The standard InChI is InChI=1S/C15H21NO3/c1-9-3-2-6-16(13(9)15(18)19)14(17)12-8-10-4-5-11(12)7-10/h4-5,9-13H,2-3,6-8H2,1H3,(H,18,19). The average molecular weight is 263 g/mol. The Morgan fingerprint density at radius 3 is 2.63 bits per heavy atom. The van der Waals surface area contributed by atoms with Gasteiger partial charge in [-0.2, -0.15) is 0 Å². The molecule has 104 valence electrons. The first-order chi connectivity index (χ1) is 9.08. The van der Waals surface area contributed by atoms with Crippen LogP contribution in [0.15, 0.2) is 12.2 Å². The second-order valence-electron chi connectivity index (χ2n) is 6.32. The monoisotopic (exact) mass is 263 g/mol. The van der Waals surface area contributed by atoms with Gasteiger partial charge in [-0.15, -0.1) is 0 Å². The first-order valence-electron chi connectivity index (χ1n) is 7.29. The number of hydrogen-bond acceptors (Lipinski definition) is 2. The summed E-state index contributed by atoms with van der Waals surface area (Å²) < 4.78 is 0. The molecule has 3 rings (SSSR count). The molecular weight excluding hydrogens is 242 g/mol. The number of carbonyl (C=O) groups excluding carboxylic acids is 1. The lowest BCUT2D eigenvalue weighted by Gasteiger charge is -2.39. The van der Waals surface area contributed by atoms with Crippen LogP contribution >= 0.6 is 0 Å². The number of amides is 1. The maximum atomic E-state index is 12.7. The molecule has 4 heteroatoms. The first kappa shape index (κ1) is 12.7. The van der Waals surface area contributed by atoms with E-state index in [-0.39, 0.29) is 17.7 Å². The van der Waals surface area contributed by atoms with Crippen LogP contribution in [0.25, 0.3) is 0 Å². The number of piperidine rings is 1. The van der Waals surface area contributed by atoms with Crippen LogP contribution in [-0.2, 0) is 9.59 Å². The zero-order valence-electron chi connectivity index (χ0n) is 11.3. The fourth-order valence-corrected chi connectivity index (χ4v) is 4.09. The van der Waals surface area contributed by atoms with E-state index in [1.165, 1.54) is 0 Å². The molecule has 4 nitrogen and oxygen atoms in total. The number of hydrogen-bond donors (Lipinski definition) is 1. The molecular formula is C15H21NO3. The summed E-state index contributed by atoms with van der Waals surface area (Å²) >= 11 is 0. The summed E-state index contributed by atoms with van der Waals surface area (Å²) in [6, 6.07) is -0.621. The first-order valence-corrected chi connectivity index (χ1v) is 7.29. The van der Waals surface area contributed by atoms with Crippen LogP contribution in [0.4, 0.5) is 0 Å². The molecule has 1 saturated carbocycles. The summed E-state index contributed by atoms with van der Waals surface area (Å²) in [7, 11) is 0. The van der Waals surface area contributed by atoms with Crippen LogP contribution in [0.3, 0.4) is 0 Å². The lowest BCUT2D eigenvalue weighted by atomic mass is 9.87. The third-order valence-electron chi connectivity index (χ3n) is 5.07. The Morgan fingerprint density at radius 2 is 2.05 bits per heavy atom. The molecule has 2 bridgehead atoms. The molecule has 2 fully saturated rings. The average Bonchev–Trinajstić information content (AvgIpc) is 2.99. The molecule has 0 spiro atoms. The molecule has 0 aromatic rings. The van der Waals surface area contributed by atoms with Crippen molar-refractivity contribution >= 4 is 11.9 Å². The zero-order valence-corrected chi connectivity index (χ0v) is 11.3. The van der Waals surface area contributed by atoms with Crippen molar-refractivity contribution in [1.82, 2.24) is 4.90 Å². The van der Waals surface area contributed by atoms with Gasteiger partial charge in [-0.05, 0) is 43.4 Å². The number of carbonyl (C=O) groups is 2. The molecule has 19 heavy (non-hydrogen) atoms. The molecule has 3 aliphatic rings. The van der Waals surface area contributed by atoms with E-state index in [0.717, 1.165) is 25.7 Å². The van der Waals surface area contributed by atoms with Crippen LogP contribution in [0, 0.1) is 23.7 Å². The number of carboxylic acid groups (broad SMARTS) is 1. The van der Waals surface area contributed by atoms with Gasteiger partial charge in [0.05, 0.1) is 0 Å². The zero-order chi connectivity index (χ0) is 13.6. The van der Waals surface area contributed by atoms with Crippen LogP contribution in [0.1, 0.15) is 32.6 Å². The molecule has 1 aliphatic heterocycles. The van der Waals surface area contributed by atoms with Crippen molar-refractivity contribution in [2.45, 2.75) is 38.6 Å². The third-order valence-corrected chi connectivity index (χ3v) is 5.07. The second-order valence-corrected chi connectivity index (χ2v) is 6.32. The Morgan fingerprint density at radius 1 is 1.26 bits per heavy atom. The highest BCUT2D eigenvalue weighted by Crippen LogP contribution is 2.44. The van der Waals surface area contributed by atoms with Crippen molar-refractivity contribution in [3.8, 4) is 0 Å². The van der Waals surface area contributed by atoms with Gasteiger partial charge >= 0.3 is 5.97 Å². The third kappa shape index (κ3) is 2.07. The van der Waals surface area contributed by atoms with Crippen molar-refractivity contribution in [2.75, 3.05) is 6.54 Å². The Hall–Kier alpha value is -1.32. The number of allylic oxidation sites excluding steroid dienone is 2. The molecule has 1 amide bonds. The van der Waals surface area contributed by atoms with Gasteiger partial charge in [0.1, 0.15) is 6.04 Å². The Bertz CT molecular complexity index is 431. The lowest BCUT2D eigenvalue weighted by molar-refractivity contribution is -0.157. The maximum absolute atomic E-state index is 12.7.